The molecule has 3 N–H and O–H groups in total. The van der Waals surface area contributed by atoms with E-state index in [4.69, 9.17) is 9.47 Å². The Kier molecular flexibility index (Phi) is 13.0. The first-order chi connectivity index (χ1) is 28.5. The third-order valence-corrected chi connectivity index (χ3v) is 11.1. The van der Waals surface area contributed by atoms with Crippen LogP contribution in [0.3, 0.4) is 0 Å². The van der Waals surface area contributed by atoms with Crippen molar-refractivity contribution in [2.75, 3.05) is 41.5 Å². The normalized spacial score (nSPS) is 21.4. The van der Waals surface area contributed by atoms with Crippen molar-refractivity contribution in [1.29, 1.82) is 0 Å². The van der Waals surface area contributed by atoms with Gasteiger partial charge in [0.25, 0.3) is 11.8 Å². The third kappa shape index (κ3) is 9.46. The Hall–Kier alpha value is -5.82. The van der Waals surface area contributed by atoms with Crippen molar-refractivity contribution in [3.63, 3.8) is 0 Å². The maximum atomic E-state index is 14.8. The summed E-state index contributed by atoms with van der Waals surface area (Å²) in [6.07, 6.45) is -1.40. The molecule has 2 fully saturated rings. The number of nitrogens with one attached hydrogen (secondary N) is 3. The highest BCUT2D eigenvalue weighted by molar-refractivity contribution is 6.04. The number of hydrogen-bond donors (Lipinski definition) is 3. The molecule has 0 unspecified atom stereocenters. The molecule has 60 heavy (non-hydrogen) atoms. The highest BCUT2D eigenvalue weighted by Gasteiger charge is 2.52. The summed E-state index contributed by atoms with van der Waals surface area (Å²) in [7, 11) is 4.93. The number of aromatic nitrogens is 2. The number of benzene rings is 2. The van der Waals surface area contributed by atoms with E-state index < -0.39 is 98.2 Å². The van der Waals surface area contributed by atoms with Crippen molar-refractivity contribution in [3.8, 4) is 22.4 Å². The highest BCUT2D eigenvalue weighted by Crippen LogP contribution is 2.42. The number of nitrogens with zero attached hydrogens (tertiary/aromatic N) is 4. The van der Waals surface area contributed by atoms with E-state index >= 15 is 0 Å². The number of rotatable bonds is 13. The van der Waals surface area contributed by atoms with Gasteiger partial charge in [-0.1, -0.05) is 48.5 Å². The molecule has 2 aromatic carbocycles. The summed E-state index contributed by atoms with van der Waals surface area (Å²) in [6, 6.07) is 10.4. The first kappa shape index (κ1) is 43.8. The Bertz CT molecular complexity index is 2130. The van der Waals surface area contributed by atoms with Crippen molar-refractivity contribution >= 4 is 35.3 Å². The number of carbonyl (C=O) groups excluding carboxylic acids is 4. The standard InChI is InChI=1S/C41H47F4N7O8/c1-22(57-3)33(49-38(55)59-5)36(53)51-20-40(42,43)16-31(51)29-15-28(18-46-29)26-9-7-24(8-10-26)25-11-13-27(14-12-25)30-19-47-35(48-30)32-17-41(44,45)21-52(32)37(54)34(23(2)58-4)50-39(56)60-6/h7-14,18-19,22-23,31-34H,15-17,20-21H2,1-6H3,(H,47,48)(H,49,55)(H,50,56)/t22-,23-,31+,32+,33+,34+/m1/s1. The molecule has 4 heterocycles. The molecule has 6 atom stereocenters. The monoisotopic (exact) mass is 841 g/mol. The fraction of sp³-hybridized carbons (Fsp3) is 0.463. The fourth-order valence-corrected chi connectivity index (χ4v) is 7.60. The lowest BCUT2D eigenvalue weighted by Gasteiger charge is -2.31. The minimum atomic E-state index is -3.20. The van der Waals surface area contributed by atoms with Crippen molar-refractivity contribution < 1.29 is 55.7 Å². The Morgan fingerprint density at radius 1 is 0.717 bits per heavy atom. The maximum absolute atomic E-state index is 14.8. The van der Waals surface area contributed by atoms with Gasteiger partial charge in [-0.05, 0) is 41.7 Å². The van der Waals surface area contributed by atoms with Crippen LogP contribution in [0.2, 0.25) is 0 Å². The number of aromatic amines is 1. The molecule has 0 saturated carbocycles. The zero-order valence-corrected chi connectivity index (χ0v) is 33.8. The van der Waals surface area contributed by atoms with Crippen LogP contribution >= 0.6 is 0 Å². The molecule has 3 aliphatic heterocycles. The van der Waals surface area contributed by atoms with Crippen LogP contribution in [0.4, 0.5) is 27.2 Å². The van der Waals surface area contributed by atoms with E-state index in [1.54, 1.807) is 13.1 Å². The van der Waals surface area contributed by atoms with E-state index in [0.29, 0.717) is 17.0 Å². The molecule has 15 nitrogen and oxygen atoms in total. The fourth-order valence-electron chi connectivity index (χ4n) is 7.60. The van der Waals surface area contributed by atoms with Crippen molar-refractivity contribution in [2.24, 2.45) is 4.99 Å². The second kappa shape index (κ2) is 17.8. The summed E-state index contributed by atoms with van der Waals surface area (Å²) < 4.78 is 79.1. The lowest BCUT2D eigenvalue weighted by atomic mass is 9.96. The van der Waals surface area contributed by atoms with Crippen molar-refractivity contribution in [2.45, 2.75) is 81.3 Å². The van der Waals surface area contributed by atoms with Crippen LogP contribution in [0.15, 0.2) is 65.9 Å². The summed E-state index contributed by atoms with van der Waals surface area (Å²) in [5, 5.41) is 4.78. The Morgan fingerprint density at radius 2 is 1.17 bits per heavy atom. The molecule has 4 amide bonds. The van der Waals surface area contributed by atoms with Crippen LogP contribution < -0.4 is 10.6 Å². The summed E-state index contributed by atoms with van der Waals surface area (Å²) in [5.74, 6) is -7.70. The van der Waals surface area contributed by atoms with Gasteiger partial charge in [0.05, 0.1) is 63.5 Å². The Balaban J connectivity index is 1.12. The van der Waals surface area contributed by atoms with Gasteiger partial charge < -0.3 is 44.4 Å². The molecular formula is C41H47F4N7O8. The first-order valence-corrected chi connectivity index (χ1v) is 19.1. The Morgan fingerprint density at radius 3 is 1.65 bits per heavy atom. The van der Waals surface area contributed by atoms with Gasteiger partial charge in [-0.2, -0.15) is 0 Å². The quantitative estimate of drug-likeness (QED) is 0.185. The van der Waals surface area contributed by atoms with Crippen LogP contribution in [-0.2, 0) is 28.5 Å². The zero-order valence-electron chi connectivity index (χ0n) is 33.8. The topological polar surface area (TPSA) is 177 Å². The summed E-state index contributed by atoms with van der Waals surface area (Å²) in [5.41, 5.74) is 4.99. The first-order valence-electron chi connectivity index (χ1n) is 19.1. The molecule has 322 valence electrons. The number of hydrogen-bond acceptors (Lipinski definition) is 10. The van der Waals surface area contributed by atoms with Gasteiger partial charge in [-0.15, -0.1) is 0 Å². The van der Waals surface area contributed by atoms with E-state index in [2.05, 4.69) is 35.1 Å². The van der Waals surface area contributed by atoms with Gasteiger partial charge in [0.1, 0.15) is 17.9 Å². The minimum Gasteiger partial charge on any atom is -0.453 e. The van der Waals surface area contributed by atoms with E-state index in [9.17, 15) is 36.7 Å². The van der Waals surface area contributed by atoms with Gasteiger partial charge in [0.15, 0.2) is 0 Å². The predicted octanol–water partition coefficient (Wildman–Crippen LogP) is 5.59. The second-order valence-corrected chi connectivity index (χ2v) is 15.0. The van der Waals surface area contributed by atoms with Crippen LogP contribution in [-0.4, -0.2) is 133 Å². The molecule has 0 radical (unpaired) electrons. The number of ether oxygens (including phenoxy) is 4. The lowest BCUT2D eigenvalue weighted by molar-refractivity contribution is -0.139. The molecule has 3 aromatic rings. The summed E-state index contributed by atoms with van der Waals surface area (Å²) >= 11 is 0. The van der Waals surface area contributed by atoms with Crippen LogP contribution in [0.1, 0.15) is 50.5 Å². The molecule has 0 spiro atoms. The zero-order chi connectivity index (χ0) is 43.5. The smallest absolute Gasteiger partial charge is 0.407 e. The van der Waals surface area contributed by atoms with Gasteiger partial charge >= 0.3 is 12.2 Å². The van der Waals surface area contributed by atoms with Gasteiger partial charge in [-0.25, -0.2) is 32.1 Å². The lowest BCUT2D eigenvalue weighted by Crippen LogP contribution is -2.56. The van der Waals surface area contributed by atoms with E-state index in [0.717, 1.165) is 46.3 Å². The van der Waals surface area contributed by atoms with Crippen LogP contribution in [0.25, 0.3) is 28.0 Å². The number of imidazole rings is 1. The Labute approximate surface area is 343 Å². The average Bonchev–Trinajstić information content (AvgIpc) is 4.06. The average molecular weight is 842 g/mol. The highest BCUT2D eigenvalue weighted by atomic mass is 19.3. The van der Waals surface area contributed by atoms with Gasteiger partial charge in [0.2, 0.25) is 11.8 Å². The van der Waals surface area contributed by atoms with E-state index in [1.165, 1.54) is 27.3 Å². The van der Waals surface area contributed by atoms with Crippen molar-refractivity contribution in [3.05, 3.63) is 72.3 Å². The van der Waals surface area contributed by atoms with Crippen LogP contribution in [0.5, 0.6) is 0 Å². The molecule has 19 heteroatoms. The number of alkyl halides is 4. The van der Waals surface area contributed by atoms with E-state index in [1.807, 2.05) is 48.5 Å². The largest absolute Gasteiger partial charge is 0.453 e. The molecule has 2 saturated heterocycles. The number of halogens is 4. The van der Waals surface area contributed by atoms with Gasteiger partial charge in [-0.3, -0.25) is 14.6 Å². The molecule has 0 aliphatic carbocycles. The van der Waals surface area contributed by atoms with Gasteiger partial charge in [0, 0.05) is 45.4 Å². The number of allylic oxidation sites excluding steroid dienone is 1. The molecule has 1 aromatic heterocycles. The second-order valence-electron chi connectivity index (χ2n) is 15.0. The molecule has 3 aliphatic rings. The number of likely N-dealkylation sites (tertiary alicyclic amines) is 2. The molecule has 6 rings (SSSR count). The summed E-state index contributed by atoms with van der Waals surface area (Å²) in [6.45, 7) is 1.37. The third-order valence-electron chi connectivity index (χ3n) is 11.1. The number of carbonyl (C=O) groups is 4. The molecule has 0 bridgehead atoms. The van der Waals surface area contributed by atoms with Crippen molar-refractivity contribution in [1.82, 2.24) is 30.4 Å². The predicted molar refractivity (Wildman–Crippen MR) is 210 cm³/mol. The maximum Gasteiger partial charge on any atom is 0.407 e. The number of alkyl carbamates (subject to hydrolysis) is 2. The van der Waals surface area contributed by atoms with Crippen LogP contribution in [0, 0.1) is 0 Å². The van der Waals surface area contributed by atoms with E-state index in [-0.39, 0.29) is 12.2 Å². The number of H-pyrrole nitrogens is 1. The molecular weight excluding hydrogens is 794 g/mol. The number of methoxy groups -OCH3 is 4. The summed E-state index contributed by atoms with van der Waals surface area (Å²) in [4.78, 5) is 65.1. The SMILES string of the molecule is COC(=O)N[C@H](C(=O)N1CC(F)(F)C[C@H]1C1=NC=C(c2ccc(-c3ccc(-c4cnc([C@@H]5CC(F)(F)CN5C(=O)[C@@H](NC(=O)OC)[C@@H](C)OC)[nH]4)cc3)cc2)C1)[C@@H](C)OC. The number of amides is 4. The minimum absolute atomic E-state index is 0.159. The number of aliphatic imine (C=N–C) groups is 1.